The maximum atomic E-state index is 12.1. The van der Waals surface area contributed by atoms with Gasteiger partial charge in [0.2, 0.25) is 5.91 Å². The monoisotopic (exact) mass is 256 g/mol. The summed E-state index contributed by atoms with van der Waals surface area (Å²) < 4.78 is 5.22. The third-order valence-electron chi connectivity index (χ3n) is 4.20. The van der Waals surface area contributed by atoms with Gasteiger partial charge < -0.3 is 20.9 Å². The van der Waals surface area contributed by atoms with Gasteiger partial charge in [-0.05, 0) is 25.7 Å². The zero-order chi connectivity index (χ0) is 13.1. The van der Waals surface area contributed by atoms with E-state index in [1.54, 1.807) is 0 Å². The van der Waals surface area contributed by atoms with Crippen LogP contribution in [0.3, 0.4) is 0 Å². The lowest BCUT2D eigenvalue weighted by Crippen LogP contribution is -2.59. The van der Waals surface area contributed by atoms with Crippen molar-refractivity contribution in [1.82, 2.24) is 5.32 Å². The molecule has 1 saturated carbocycles. The van der Waals surface area contributed by atoms with E-state index in [2.05, 4.69) is 5.32 Å². The highest BCUT2D eigenvalue weighted by atomic mass is 16.5. The van der Waals surface area contributed by atoms with Gasteiger partial charge in [0.1, 0.15) is 0 Å². The number of hydrogen-bond acceptors (Lipinski definition) is 4. The molecule has 104 valence electrons. The normalized spacial score (nSPS) is 26.6. The van der Waals surface area contributed by atoms with Crippen LogP contribution in [-0.4, -0.2) is 41.9 Å². The van der Waals surface area contributed by atoms with Crippen molar-refractivity contribution < 1.29 is 14.6 Å². The Hall–Kier alpha value is -0.650. The maximum absolute atomic E-state index is 12.1. The van der Waals surface area contributed by atoms with E-state index in [1.165, 1.54) is 6.42 Å². The van der Waals surface area contributed by atoms with Crippen molar-refractivity contribution in [1.29, 1.82) is 0 Å². The summed E-state index contributed by atoms with van der Waals surface area (Å²) in [6, 6.07) is 0. The fraction of sp³-hybridized carbons (Fsp3) is 0.923. The molecule has 1 aliphatic carbocycles. The first-order chi connectivity index (χ1) is 8.54. The predicted octanol–water partition coefficient (Wildman–Crippen LogP) is 0.306. The van der Waals surface area contributed by atoms with Crippen molar-refractivity contribution in [2.45, 2.75) is 56.1 Å². The Bertz CT molecular complexity index is 295. The molecule has 0 unspecified atom stereocenters. The molecule has 4 N–H and O–H groups in total. The molecule has 5 nitrogen and oxygen atoms in total. The molecule has 18 heavy (non-hydrogen) atoms. The van der Waals surface area contributed by atoms with Crippen molar-refractivity contribution in [3.8, 4) is 0 Å². The second kappa shape index (κ2) is 5.55. The molecule has 5 heteroatoms. The second-order valence-corrected chi connectivity index (χ2v) is 5.74. The van der Waals surface area contributed by atoms with Gasteiger partial charge in [-0.1, -0.05) is 19.3 Å². The zero-order valence-electron chi connectivity index (χ0n) is 10.9. The van der Waals surface area contributed by atoms with Crippen molar-refractivity contribution in [3.05, 3.63) is 0 Å². The number of carbonyl (C=O) groups is 1. The van der Waals surface area contributed by atoms with E-state index in [1.807, 2.05) is 0 Å². The van der Waals surface area contributed by atoms with Gasteiger partial charge in [0.25, 0.3) is 0 Å². The van der Waals surface area contributed by atoms with E-state index in [9.17, 15) is 9.90 Å². The Morgan fingerprint density at radius 3 is 2.39 bits per heavy atom. The van der Waals surface area contributed by atoms with E-state index in [0.29, 0.717) is 32.6 Å². The molecule has 0 spiro atoms. The highest BCUT2D eigenvalue weighted by Gasteiger charge is 2.37. The van der Waals surface area contributed by atoms with Gasteiger partial charge in [0.05, 0.1) is 11.1 Å². The second-order valence-electron chi connectivity index (χ2n) is 5.74. The average Bonchev–Trinajstić information content (AvgIpc) is 2.38. The molecule has 0 aromatic heterocycles. The predicted molar refractivity (Wildman–Crippen MR) is 68.0 cm³/mol. The molecule has 2 aliphatic rings. The molecule has 1 heterocycles. The van der Waals surface area contributed by atoms with Crippen LogP contribution in [0.5, 0.6) is 0 Å². The Morgan fingerprint density at radius 2 is 1.78 bits per heavy atom. The molecular weight excluding hydrogens is 232 g/mol. The molecule has 1 amide bonds. The SMILES string of the molecule is NC1(C(=O)NCC2(O)CCCCC2)CCOCC1. The van der Waals surface area contributed by atoms with Gasteiger partial charge in [0.15, 0.2) is 0 Å². The van der Waals surface area contributed by atoms with Crippen LogP contribution >= 0.6 is 0 Å². The Labute approximate surface area is 108 Å². The number of amides is 1. The number of carbonyl (C=O) groups excluding carboxylic acids is 1. The summed E-state index contributed by atoms with van der Waals surface area (Å²) in [5, 5.41) is 13.2. The fourth-order valence-electron chi connectivity index (χ4n) is 2.77. The summed E-state index contributed by atoms with van der Waals surface area (Å²) in [6.07, 6.45) is 5.90. The van der Waals surface area contributed by atoms with E-state index in [-0.39, 0.29) is 5.91 Å². The van der Waals surface area contributed by atoms with Crippen molar-refractivity contribution in [3.63, 3.8) is 0 Å². The van der Waals surface area contributed by atoms with E-state index in [0.717, 1.165) is 25.7 Å². The molecule has 2 fully saturated rings. The van der Waals surface area contributed by atoms with Crippen molar-refractivity contribution >= 4 is 5.91 Å². The Balaban J connectivity index is 1.83. The third kappa shape index (κ3) is 3.22. The quantitative estimate of drug-likeness (QED) is 0.678. The largest absolute Gasteiger partial charge is 0.388 e. The molecule has 1 saturated heterocycles. The number of rotatable bonds is 3. The van der Waals surface area contributed by atoms with Crippen molar-refractivity contribution in [2.75, 3.05) is 19.8 Å². The van der Waals surface area contributed by atoms with Gasteiger partial charge >= 0.3 is 0 Å². The molecular formula is C13H24N2O3. The first-order valence-corrected chi connectivity index (χ1v) is 6.92. The topological polar surface area (TPSA) is 84.6 Å². The van der Waals surface area contributed by atoms with Crippen LogP contribution in [0, 0.1) is 0 Å². The Morgan fingerprint density at radius 1 is 1.17 bits per heavy atom. The van der Waals surface area contributed by atoms with E-state index >= 15 is 0 Å². The van der Waals surface area contributed by atoms with Crippen LogP contribution in [0.1, 0.15) is 44.9 Å². The highest BCUT2D eigenvalue weighted by molar-refractivity contribution is 5.86. The van der Waals surface area contributed by atoms with E-state index in [4.69, 9.17) is 10.5 Å². The molecule has 1 aliphatic heterocycles. The highest BCUT2D eigenvalue weighted by Crippen LogP contribution is 2.27. The molecule has 0 radical (unpaired) electrons. The lowest BCUT2D eigenvalue weighted by molar-refractivity contribution is -0.131. The first kappa shape index (κ1) is 13.8. The fourth-order valence-corrected chi connectivity index (χ4v) is 2.77. The van der Waals surface area contributed by atoms with E-state index < -0.39 is 11.1 Å². The summed E-state index contributed by atoms with van der Waals surface area (Å²) in [6.45, 7) is 1.40. The van der Waals surface area contributed by atoms with Crippen molar-refractivity contribution in [2.24, 2.45) is 5.73 Å². The third-order valence-corrected chi connectivity index (χ3v) is 4.20. The number of ether oxygens (including phenoxy) is 1. The van der Waals surface area contributed by atoms with Gasteiger partial charge in [0, 0.05) is 19.8 Å². The van der Waals surface area contributed by atoms with Crippen LogP contribution in [0.25, 0.3) is 0 Å². The minimum absolute atomic E-state index is 0.148. The summed E-state index contributed by atoms with van der Waals surface area (Å²) in [5.74, 6) is -0.148. The summed E-state index contributed by atoms with van der Waals surface area (Å²) in [7, 11) is 0. The molecule has 0 bridgehead atoms. The van der Waals surface area contributed by atoms with Crippen LogP contribution < -0.4 is 11.1 Å². The van der Waals surface area contributed by atoms with Gasteiger partial charge in [-0.15, -0.1) is 0 Å². The standard InChI is InChI=1S/C13H24N2O3/c14-13(6-8-18-9-7-13)11(16)15-10-12(17)4-2-1-3-5-12/h17H,1-10,14H2,(H,15,16). The number of hydrogen-bond donors (Lipinski definition) is 3. The van der Waals surface area contributed by atoms with Gasteiger partial charge in [-0.25, -0.2) is 0 Å². The zero-order valence-corrected chi connectivity index (χ0v) is 10.9. The van der Waals surface area contributed by atoms with Gasteiger partial charge in [-0.2, -0.15) is 0 Å². The van der Waals surface area contributed by atoms with Crippen LogP contribution in [0.15, 0.2) is 0 Å². The molecule has 0 aromatic carbocycles. The molecule has 0 atom stereocenters. The minimum Gasteiger partial charge on any atom is -0.388 e. The minimum atomic E-state index is -0.816. The Kier molecular flexibility index (Phi) is 4.25. The molecule has 0 aromatic rings. The van der Waals surface area contributed by atoms with Crippen LogP contribution in [-0.2, 0) is 9.53 Å². The number of aliphatic hydroxyl groups is 1. The number of nitrogens with one attached hydrogen (secondary N) is 1. The lowest BCUT2D eigenvalue weighted by Gasteiger charge is -2.35. The summed E-state index contributed by atoms with van der Waals surface area (Å²) in [5.41, 5.74) is 4.54. The van der Waals surface area contributed by atoms with Gasteiger partial charge in [-0.3, -0.25) is 4.79 Å². The number of nitrogens with two attached hydrogens (primary N) is 1. The maximum Gasteiger partial charge on any atom is 0.240 e. The molecule has 2 rings (SSSR count). The van der Waals surface area contributed by atoms with Crippen LogP contribution in [0.4, 0.5) is 0 Å². The summed E-state index contributed by atoms with van der Waals surface area (Å²) in [4.78, 5) is 12.1. The van der Waals surface area contributed by atoms with Crippen LogP contribution in [0.2, 0.25) is 0 Å². The smallest absolute Gasteiger partial charge is 0.240 e. The summed E-state index contributed by atoms with van der Waals surface area (Å²) >= 11 is 0. The first-order valence-electron chi connectivity index (χ1n) is 6.92. The average molecular weight is 256 g/mol. The lowest BCUT2D eigenvalue weighted by atomic mass is 9.84.